The third-order valence-electron chi connectivity index (χ3n) is 3.40. The quantitative estimate of drug-likeness (QED) is 0.893. The fourth-order valence-electron chi connectivity index (χ4n) is 2.28. The summed E-state index contributed by atoms with van der Waals surface area (Å²) in [5, 5.41) is 14.7. The lowest BCUT2D eigenvalue weighted by Crippen LogP contribution is -2.44. The molecule has 2 aromatic rings. The Kier molecular flexibility index (Phi) is 4.34. The van der Waals surface area contributed by atoms with E-state index < -0.39 is 0 Å². The van der Waals surface area contributed by atoms with E-state index in [1.165, 1.54) is 0 Å². The first-order chi connectivity index (χ1) is 11.2. The summed E-state index contributed by atoms with van der Waals surface area (Å²) < 4.78 is 5.63. The van der Waals surface area contributed by atoms with Crippen molar-refractivity contribution >= 4 is 11.9 Å². The number of benzene rings is 1. The Morgan fingerprint density at radius 1 is 1.39 bits per heavy atom. The summed E-state index contributed by atoms with van der Waals surface area (Å²) in [4.78, 5) is 20.1. The van der Waals surface area contributed by atoms with E-state index in [2.05, 4.69) is 26.7 Å². The number of piperidine rings is 1. The van der Waals surface area contributed by atoms with Crippen LogP contribution in [0.25, 0.3) is 0 Å². The molecule has 0 spiro atoms. The van der Waals surface area contributed by atoms with E-state index in [-0.39, 0.29) is 11.9 Å². The van der Waals surface area contributed by atoms with Gasteiger partial charge >= 0.3 is 0 Å². The van der Waals surface area contributed by atoms with Crippen LogP contribution < -0.4 is 15.4 Å². The number of rotatable bonds is 4. The average Bonchev–Trinajstić information content (AvgIpc) is 2.57. The van der Waals surface area contributed by atoms with Gasteiger partial charge < -0.3 is 15.4 Å². The third kappa shape index (κ3) is 3.74. The van der Waals surface area contributed by atoms with Crippen LogP contribution >= 0.6 is 0 Å². The van der Waals surface area contributed by atoms with Crippen molar-refractivity contribution in [1.82, 2.24) is 15.3 Å². The monoisotopic (exact) mass is 309 g/mol. The highest BCUT2D eigenvalue weighted by molar-refractivity contribution is 5.84. The highest BCUT2D eigenvalue weighted by Gasteiger charge is 2.22. The van der Waals surface area contributed by atoms with Gasteiger partial charge in [0.05, 0.1) is 11.6 Å². The Hall–Kier alpha value is -3.14. The van der Waals surface area contributed by atoms with Gasteiger partial charge in [-0.3, -0.25) is 4.79 Å². The van der Waals surface area contributed by atoms with E-state index in [9.17, 15) is 4.79 Å². The first-order valence-corrected chi connectivity index (χ1v) is 7.30. The Labute approximate surface area is 133 Å². The second-order valence-corrected chi connectivity index (χ2v) is 5.09. The molecule has 1 atom stereocenters. The molecule has 1 saturated heterocycles. The van der Waals surface area contributed by atoms with Crippen molar-refractivity contribution < 1.29 is 9.53 Å². The molecule has 3 rings (SSSR count). The predicted octanol–water partition coefficient (Wildman–Crippen LogP) is 1.83. The number of ether oxygens (including phenoxy) is 1. The molecule has 2 heterocycles. The SMILES string of the molecule is N#Cc1cccc(Oc2ccnc(NC3CCCNC3=O)n2)c1. The molecule has 0 radical (unpaired) electrons. The minimum Gasteiger partial charge on any atom is -0.439 e. The number of hydrogen-bond donors (Lipinski definition) is 2. The van der Waals surface area contributed by atoms with E-state index in [1.54, 1.807) is 36.5 Å². The number of nitrogens with zero attached hydrogens (tertiary/aromatic N) is 3. The maximum Gasteiger partial charge on any atom is 0.242 e. The first-order valence-electron chi connectivity index (χ1n) is 7.30. The van der Waals surface area contributed by atoms with Crippen molar-refractivity contribution in [2.75, 3.05) is 11.9 Å². The number of anilines is 1. The summed E-state index contributed by atoms with van der Waals surface area (Å²) in [6.45, 7) is 0.705. The van der Waals surface area contributed by atoms with Crippen LogP contribution in [0.1, 0.15) is 18.4 Å². The van der Waals surface area contributed by atoms with E-state index in [4.69, 9.17) is 10.00 Å². The van der Waals surface area contributed by atoms with Crippen LogP contribution in [0.5, 0.6) is 11.6 Å². The van der Waals surface area contributed by atoms with Gasteiger partial charge in [0.15, 0.2) is 0 Å². The fraction of sp³-hybridized carbons (Fsp3) is 0.250. The number of nitrogens with one attached hydrogen (secondary N) is 2. The van der Waals surface area contributed by atoms with Gasteiger partial charge in [-0.15, -0.1) is 0 Å². The number of hydrogen-bond acceptors (Lipinski definition) is 6. The molecule has 1 fully saturated rings. The number of carbonyl (C=O) groups excluding carboxylic acids is 1. The Morgan fingerprint density at radius 2 is 2.30 bits per heavy atom. The minimum absolute atomic E-state index is 0.0482. The van der Waals surface area contributed by atoms with E-state index >= 15 is 0 Å². The molecule has 2 N–H and O–H groups in total. The van der Waals surface area contributed by atoms with Gasteiger partial charge in [-0.25, -0.2) is 4.98 Å². The molecular weight excluding hydrogens is 294 g/mol. The molecule has 1 unspecified atom stereocenters. The molecule has 0 saturated carbocycles. The summed E-state index contributed by atoms with van der Waals surface area (Å²) >= 11 is 0. The molecule has 23 heavy (non-hydrogen) atoms. The van der Waals surface area contributed by atoms with Gasteiger partial charge in [-0.1, -0.05) is 6.07 Å². The normalized spacial score (nSPS) is 17.0. The minimum atomic E-state index is -0.332. The van der Waals surface area contributed by atoms with Crippen molar-refractivity contribution in [1.29, 1.82) is 5.26 Å². The summed E-state index contributed by atoms with van der Waals surface area (Å²) in [5.41, 5.74) is 0.508. The van der Waals surface area contributed by atoms with Crippen molar-refractivity contribution in [3.8, 4) is 17.7 Å². The molecule has 1 aliphatic heterocycles. The fourth-order valence-corrected chi connectivity index (χ4v) is 2.28. The lowest BCUT2D eigenvalue weighted by molar-refractivity contribution is -0.123. The maximum absolute atomic E-state index is 11.8. The van der Waals surface area contributed by atoms with Crippen LogP contribution in [0.2, 0.25) is 0 Å². The van der Waals surface area contributed by atoms with Crippen LogP contribution in [-0.4, -0.2) is 28.5 Å². The molecule has 1 aliphatic rings. The Morgan fingerprint density at radius 3 is 3.13 bits per heavy atom. The van der Waals surface area contributed by atoms with Crippen molar-refractivity contribution in [2.45, 2.75) is 18.9 Å². The molecule has 1 aromatic heterocycles. The second-order valence-electron chi connectivity index (χ2n) is 5.09. The van der Waals surface area contributed by atoms with Crippen LogP contribution in [-0.2, 0) is 4.79 Å². The molecule has 7 nitrogen and oxygen atoms in total. The number of aromatic nitrogens is 2. The Bertz CT molecular complexity index is 756. The summed E-state index contributed by atoms with van der Waals surface area (Å²) in [6, 6.07) is 10.1. The number of amides is 1. The van der Waals surface area contributed by atoms with E-state index in [0.717, 1.165) is 12.8 Å². The smallest absolute Gasteiger partial charge is 0.242 e. The standard InChI is InChI=1S/C16H15N5O2/c17-10-11-3-1-4-12(9-11)23-14-6-8-19-16(21-14)20-13-5-2-7-18-15(13)22/h1,3-4,6,8-9,13H,2,5,7H2,(H,18,22)(H,19,20,21). The van der Waals surface area contributed by atoms with Crippen LogP contribution in [0.15, 0.2) is 36.5 Å². The number of nitriles is 1. The highest BCUT2D eigenvalue weighted by atomic mass is 16.5. The van der Waals surface area contributed by atoms with Gasteiger partial charge in [-0.05, 0) is 31.0 Å². The molecule has 1 aromatic carbocycles. The van der Waals surface area contributed by atoms with Crippen molar-refractivity contribution in [3.05, 3.63) is 42.1 Å². The van der Waals surface area contributed by atoms with Gasteiger partial charge in [0.25, 0.3) is 0 Å². The molecule has 0 aliphatic carbocycles. The largest absolute Gasteiger partial charge is 0.439 e. The maximum atomic E-state index is 11.8. The molecule has 7 heteroatoms. The van der Waals surface area contributed by atoms with Crippen LogP contribution in [0.3, 0.4) is 0 Å². The van der Waals surface area contributed by atoms with Crippen LogP contribution in [0.4, 0.5) is 5.95 Å². The topological polar surface area (TPSA) is 99.9 Å². The van der Waals surface area contributed by atoms with Crippen molar-refractivity contribution in [3.63, 3.8) is 0 Å². The van der Waals surface area contributed by atoms with Gasteiger partial charge in [0, 0.05) is 18.8 Å². The lowest BCUT2D eigenvalue weighted by atomic mass is 10.1. The zero-order chi connectivity index (χ0) is 16.1. The second kappa shape index (κ2) is 6.75. The average molecular weight is 309 g/mol. The highest BCUT2D eigenvalue weighted by Crippen LogP contribution is 2.21. The van der Waals surface area contributed by atoms with Crippen molar-refractivity contribution in [2.24, 2.45) is 0 Å². The predicted molar refractivity (Wildman–Crippen MR) is 82.9 cm³/mol. The van der Waals surface area contributed by atoms with Gasteiger partial charge in [0.1, 0.15) is 11.8 Å². The summed E-state index contributed by atoms with van der Waals surface area (Å²) in [6.07, 6.45) is 3.21. The zero-order valence-electron chi connectivity index (χ0n) is 12.3. The van der Waals surface area contributed by atoms with E-state index in [1.807, 2.05) is 0 Å². The lowest BCUT2D eigenvalue weighted by Gasteiger charge is -2.22. The van der Waals surface area contributed by atoms with Crippen LogP contribution in [0, 0.1) is 11.3 Å². The first kappa shape index (κ1) is 14.8. The number of carbonyl (C=O) groups is 1. The molecule has 0 bridgehead atoms. The Balaban J connectivity index is 1.72. The summed E-state index contributed by atoms with van der Waals surface area (Å²) in [5.74, 6) is 1.15. The zero-order valence-corrected chi connectivity index (χ0v) is 12.3. The van der Waals surface area contributed by atoms with Gasteiger partial charge in [-0.2, -0.15) is 10.2 Å². The third-order valence-corrected chi connectivity index (χ3v) is 3.40. The molecular formula is C16H15N5O2. The van der Waals surface area contributed by atoms with E-state index in [0.29, 0.717) is 29.7 Å². The molecule has 116 valence electrons. The molecule has 1 amide bonds. The summed E-state index contributed by atoms with van der Waals surface area (Å²) in [7, 11) is 0. The van der Waals surface area contributed by atoms with Gasteiger partial charge in [0.2, 0.25) is 17.7 Å².